The van der Waals surface area contributed by atoms with E-state index in [1.807, 2.05) is 29.9 Å². The fourth-order valence-corrected chi connectivity index (χ4v) is 3.73. The van der Waals surface area contributed by atoms with E-state index >= 15 is 0 Å². The number of ether oxygens (including phenoxy) is 1. The minimum absolute atomic E-state index is 0.0812. The molecule has 2 aromatic heterocycles. The lowest BCUT2D eigenvalue weighted by Gasteiger charge is -2.35. The monoisotopic (exact) mass is 351 g/mol. The molecule has 1 aliphatic rings. The predicted molar refractivity (Wildman–Crippen MR) is 100 cm³/mol. The van der Waals surface area contributed by atoms with Crippen molar-refractivity contribution in [3.8, 4) is 5.75 Å². The number of aromatic nitrogens is 4. The van der Waals surface area contributed by atoms with E-state index in [2.05, 4.69) is 45.2 Å². The summed E-state index contributed by atoms with van der Waals surface area (Å²) in [6.45, 7) is 7.49. The molecule has 6 nitrogen and oxygen atoms in total. The molecule has 0 aliphatic carbocycles. The molecule has 0 saturated carbocycles. The van der Waals surface area contributed by atoms with Gasteiger partial charge >= 0.3 is 0 Å². The number of H-pyrrole nitrogens is 1. The standard InChI is InChI=1S/C20H25N5O/c1-3-25-13-15(11-23-25)12-24-10-9-17-19(22-14-21-17)20(24)16-7-5-6-8-18(16)26-4-2/h5-8,11,13-14,20H,3-4,9-10,12H2,1-2H3,(H,21,22). The quantitative estimate of drug-likeness (QED) is 0.741. The second-order valence-electron chi connectivity index (χ2n) is 6.56. The van der Waals surface area contributed by atoms with Crippen molar-refractivity contribution < 1.29 is 4.74 Å². The zero-order valence-corrected chi connectivity index (χ0v) is 15.4. The van der Waals surface area contributed by atoms with Crippen LogP contribution in [0, 0.1) is 0 Å². The Labute approximate surface area is 153 Å². The number of nitrogens with zero attached hydrogens (tertiary/aromatic N) is 4. The molecule has 26 heavy (non-hydrogen) atoms. The summed E-state index contributed by atoms with van der Waals surface area (Å²) in [6, 6.07) is 8.39. The molecule has 136 valence electrons. The third-order valence-corrected chi connectivity index (χ3v) is 4.93. The van der Waals surface area contributed by atoms with Gasteiger partial charge in [-0.2, -0.15) is 5.10 Å². The van der Waals surface area contributed by atoms with Crippen LogP contribution in [0.4, 0.5) is 0 Å². The fraction of sp³-hybridized carbons (Fsp3) is 0.400. The number of rotatable bonds is 6. The van der Waals surface area contributed by atoms with Gasteiger partial charge in [-0.3, -0.25) is 9.58 Å². The molecule has 3 heterocycles. The largest absolute Gasteiger partial charge is 0.494 e. The molecule has 0 spiro atoms. The predicted octanol–water partition coefficient (Wildman–Crippen LogP) is 3.17. The van der Waals surface area contributed by atoms with Crippen molar-refractivity contribution in [2.45, 2.75) is 39.4 Å². The van der Waals surface area contributed by atoms with E-state index in [0.717, 1.165) is 37.5 Å². The molecule has 4 rings (SSSR count). The molecule has 1 atom stereocenters. The normalized spacial score (nSPS) is 17.2. The smallest absolute Gasteiger partial charge is 0.124 e. The maximum Gasteiger partial charge on any atom is 0.124 e. The average molecular weight is 351 g/mol. The van der Waals surface area contributed by atoms with Crippen molar-refractivity contribution in [3.05, 3.63) is 65.5 Å². The minimum atomic E-state index is 0.0812. The van der Waals surface area contributed by atoms with Crippen LogP contribution in [0.5, 0.6) is 5.75 Å². The summed E-state index contributed by atoms with van der Waals surface area (Å²) in [7, 11) is 0. The van der Waals surface area contributed by atoms with Crippen LogP contribution in [-0.2, 0) is 19.5 Å². The molecule has 0 fully saturated rings. The molecule has 3 aromatic rings. The van der Waals surface area contributed by atoms with Gasteiger partial charge in [-0.25, -0.2) is 4.98 Å². The molecule has 0 bridgehead atoms. The maximum atomic E-state index is 5.92. The zero-order chi connectivity index (χ0) is 17.9. The van der Waals surface area contributed by atoms with Crippen LogP contribution in [0.2, 0.25) is 0 Å². The summed E-state index contributed by atoms with van der Waals surface area (Å²) >= 11 is 0. The maximum absolute atomic E-state index is 5.92. The second-order valence-corrected chi connectivity index (χ2v) is 6.56. The average Bonchev–Trinajstić information content (AvgIpc) is 3.31. The first-order chi connectivity index (χ1) is 12.8. The molecular formula is C20H25N5O. The molecule has 0 saturated heterocycles. The van der Waals surface area contributed by atoms with Crippen molar-refractivity contribution in [3.63, 3.8) is 0 Å². The molecule has 6 heteroatoms. The summed E-state index contributed by atoms with van der Waals surface area (Å²) in [6.07, 6.45) is 6.88. The Morgan fingerprint density at radius 3 is 2.96 bits per heavy atom. The topological polar surface area (TPSA) is 59.0 Å². The van der Waals surface area contributed by atoms with Gasteiger partial charge < -0.3 is 9.72 Å². The van der Waals surface area contributed by atoms with Crippen LogP contribution < -0.4 is 4.74 Å². The van der Waals surface area contributed by atoms with Crippen molar-refractivity contribution in [1.29, 1.82) is 0 Å². The molecule has 1 aromatic carbocycles. The van der Waals surface area contributed by atoms with Gasteiger partial charge in [0.1, 0.15) is 5.75 Å². The third kappa shape index (κ3) is 3.12. The molecule has 1 N–H and O–H groups in total. The van der Waals surface area contributed by atoms with E-state index in [1.165, 1.54) is 16.8 Å². The summed E-state index contributed by atoms with van der Waals surface area (Å²) in [5.74, 6) is 0.935. The SMILES string of the molecule is CCOc1ccccc1C1c2nc[nH]c2CCN1Cc1cnn(CC)c1. The van der Waals surface area contributed by atoms with Gasteiger partial charge in [0.05, 0.1) is 30.9 Å². The summed E-state index contributed by atoms with van der Waals surface area (Å²) in [4.78, 5) is 10.4. The second kappa shape index (κ2) is 7.33. The number of para-hydroxylation sites is 1. The Kier molecular flexibility index (Phi) is 4.75. The van der Waals surface area contributed by atoms with Crippen molar-refractivity contribution in [1.82, 2.24) is 24.6 Å². The van der Waals surface area contributed by atoms with E-state index in [9.17, 15) is 0 Å². The zero-order valence-electron chi connectivity index (χ0n) is 15.4. The first-order valence-corrected chi connectivity index (χ1v) is 9.29. The van der Waals surface area contributed by atoms with Crippen LogP contribution >= 0.6 is 0 Å². The van der Waals surface area contributed by atoms with Gasteiger partial charge in [-0.15, -0.1) is 0 Å². The number of benzene rings is 1. The molecular weight excluding hydrogens is 326 g/mol. The highest BCUT2D eigenvalue weighted by atomic mass is 16.5. The number of aromatic amines is 1. The van der Waals surface area contributed by atoms with Crippen LogP contribution in [0.3, 0.4) is 0 Å². The lowest BCUT2D eigenvalue weighted by Crippen LogP contribution is -2.36. The Hall–Kier alpha value is -2.60. The fourth-order valence-electron chi connectivity index (χ4n) is 3.73. The highest BCUT2D eigenvalue weighted by Crippen LogP contribution is 2.38. The van der Waals surface area contributed by atoms with Gasteiger partial charge in [0.2, 0.25) is 0 Å². The minimum Gasteiger partial charge on any atom is -0.494 e. The van der Waals surface area contributed by atoms with E-state index < -0.39 is 0 Å². The summed E-state index contributed by atoms with van der Waals surface area (Å²) in [5, 5.41) is 4.42. The van der Waals surface area contributed by atoms with Crippen molar-refractivity contribution in [2.24, 2.45) is 0 Å². The Balaban J connectivity index is 1.72. The highest BCUT2D eigenvalue weighted by Gasteiger charge is 2.33. The van der Waals surface area contributed by atoms with Gasteiger partial charge in [-0.05, 0) is 19.9 Å². The number of fused-ring (bicyclic) bond motifs is 1. The van der Waals surface area contributed by atoms with E-state index in [-0.39, 0.29) is 6.04 Å². The lowest BCUT2D eigenvalue weighted by atomic mass is 9.94. The first-order valence-electron chi connectivity index (χ1n) is 9.29. The molecule has 0 amide bonds. The van der Waals surface area contributed by atoms with Crippen molar-refractivity contribution >= 4 is 0 Å². The van der Waals surface area contributed by atoms with Crippen LogP contribution in [0.1, 0.15) is 42.4 Å². The Morgan fingerprint density at radius 1 is 1.27 bits per heavy atom. The first kappa shape index (κ1) is 16.8. The molecule has 0 radical (unpaired) electrons. The van der Waals surface area contributed by atoms with Gasteiger partial charge in [0, 0.05) is 49.1 Å². The highest BCUT2D eigenvalue weighted by molar-refractivity contribution is 5.42. The van der Waals surface area contributed by atoms with Gasteiger partial charge in [-0.1, -0.05) is 18.2 Å². The number of hydrogen-bond acceptors (Lipinski definition) is 4. The Bertz CT molecular complexity index is 868. The van der Waals surface area contributed by atoms with Gasteiger partial charge in [0.15, 0.2) is 0 Å². The summed E-state index contributed by atoms with van der Waals surface area (Å²) in [5.41, 5.74) is 4.73. The van der Waals surface area contributed by atoms with E-state index in [4.69, 9.17) is 4.74 Å². The number of nitrogens with one attached hydrogen (secondary N) is 1. The number of aryl methyl sites for hydroxylation is 1. The number of imidazole rings is 1. The number of hydrogen-bond donors (Lipinski definition) is 1. The van der Waals surface area contributed by atoms with Crippen LogP contribution in [0.15, 0.2) is 43.0 Å². The van der Waals surface area contributed by atoms with Gasteiger partial charge in [0.25, 0.3) is 0 Å². The van der Waals surface area contributed by atoms with E-state index in [1.54, 1.807) is 6.33 Å². The van der Waals surface area contributed by atoms with E-state index in [0.29, 0.717) is 6.61 Å². The van der Waals surface area contributed by atoms with Crippen LogP contribution in [-0.4, -0.2) is 37.8 Å². The van der Waals surface area contributed by atoms with Crippen LogP contribution in [0.25, 0.3) is 0 Å². The molecule has 1 unspecified atom stereocenters. The third-order valence-electron chi connectivity index (χ3n) is 4.93. The Morgan fingerprint density at radius 2 is 2.15 bits per heavy atom. The lowest BCUT2D eigenvalue weighted by molar-refractivity contribution is 0.195. The molecule has 1 aliphatic heterocycles. The summed E-state index contributed by atoms with van der Waals surface area (Å²) < 4.78 is 7.90. The van der Waals surface area contributed by atoms with Crippen molar-refractivity contribution in [2.75, 3.05) is 13.2 Å².